The van der Waals surface area contributed by atoms with Crippen molar-refractivity contribution in [2.24, 2.45) is 0 Å². The van der Waals surface area contributed by atoms with Crippen LogP contribution in [0.15, 0.2) is 42.5 Å². The van der Waals surface area contributed by atoms with E-state index in [0.29, 0.717) is 6.42 Å². The van der Waals surface area contributed by atoms with Gasteiger partial charge in [-0.15, -0.1) is 0 Å². The van der Waals surface area contributed by atoms with Crippen LogP contribution >= 0.6 is 0 Å². The van der Waals surface area contributed by atoms with Gasteiger partial charge in [0.15, 0.2) is 0 Å². The first-order valence-corrected chi connectivity index (χ1v) is 9.24. The summed E-state index contributed by atoms with van der Waals surface area (Å²) in [5, 5.41) is 4.15. The minimum absolute atomic E-state index is 0.00564. The highest BCUT2D eigenvalue weighted by molar-refractivity contribution is 5.96. The lowest BCUT2D eigenvalue weighted by atomic mass is 10.1. The first kappa shape index (κ1) is 18.1. The van der Waals surface area contributed by atoms with Gasteiger partial charge in [-0.3, -0.25) is 4.79 Å². The van der Waals surface area contributed by atoms with Crippen LogP contribution in [0.2, 0.25) is 0 Å². The largest absolute Gasteiger partial charge is 0.372 e. The fourth-order valence-corrected chi connectivity index (χ4v) is 3.43. The van der Waals surface area contributed by atoms with E-state index in [-0.39, 0.29) is 5.91 Å². The van der Waals surface area contributed by atoms with Crippen molar-refractivity contribution in [2.45, 2.75) is 34.1 Å². The fourth-order valence-electron chi connectivity index (χ4n) is 3.43. The number of benzene rings is 2. The van der Waals surface area contributed by atoms with Crippen LogP contribution in [0, 0.1) is 13.8 Å². The van der Waals surface area contributed by atoms with Gasteiger partial charge >= 0.3 is 0 Å². The summed E-state index contributed by atoms with van der Waals surface area (Å²) in [4.78, 5) is 18.2. The number of rotatable bonds is 6. The average Bonchev–Trinajstić information content (AvgIpc) is 2.92. The molecular weight excluding hydrogens is 322 g/mol. The number of nitrogens with zero attached hydrogens (tertiary/aromatic N) is 1. The van der Waals surface area contributed by atoms with Gasteiger partial charge in [0.2, 0.25) is 5.91 Å². The van der Waals surface area contributed by atoms with Crippen LogP contribution in [0.1, 0.15) is 30.7 Å². The Hall–Kier alpha value is -2.75. The van der Waals surface area contributed by atoms with Gasteiger partial charge in [-0.1, -0.05) is 11.6 Å². The molecule has 0 fully saturated rings. The SMILES string of the molecule is CCN(CC)c1ccc(NC(=O)Cc2c(C)[nH]c3ccc(C)cc23)cc1. The number of carbonyl (C=O) groups is 1. The Morgan fingerprint density at radius 3 is 2.38 bits per heavy atom. The summed E-state index contributed by atoms with van der Waals surface area (Å²) < 4.78 is 0. The molecule has 136 valence electrons. The van der Waals surface area contributed by atoms with Crippen molar-refractivity contribution in [3.63, 3.8) is 0 Å². The van der Waals surface area contributed by atoms with E-state index < -0.39 is 0 Å². The molecule has 0 atom stereocenters. The van der Waals surface area contributed by atoms with Crippen LogP contribution in [0.5, 0.6) is 0 Å². The number of anilines is 2. The van der Waals surface area contributed by atoms with Crippen LogP contribution < -0.4 is 10.2 Å². The molecule has 1 heterocycles. The topological polar surface area (TPSA) is 48.1 Å². The lowest BCUT2D eigenvalue weighted by molar-refractivity contribution is -0.115. The molecular formula is C22H27N3O. The smallest absolute Gasteiger partial charge is 0.228 e. The molecule has 2 N–H and O–H groups in total. The third-order valence-corrected chi connectivity index (χ3v) is 4.89. The molecule has 0 bridgehead atoms. The summed E-state index contributed by atoms with van der Waals surface area (Å²) in [5.74, 6) is 0.00564. The van der Waals surface area contributed by atoms with E-state index in [1.54, 1.807) is 0 Å². The van der Waals surface area contributed by atoms with E-state index in [0.717, 1.165) is 40.9 Å². The summed E-state index contributed by atoms with van der Waals surface area (Å²) in [5.41, 5.74) is 6.42. The van der Waals surface area contributed by atoms with Crippen LogP contribution in [0.4, 0.5) is 11.4 Å². The molecule has 0 saturated heterocycles. The number of nitrogens with one attached hydrogen (secondary N) is 2. The predicted octanol–water partition coefficient (Wildman–Crippen LogP) is 4.81. The normalized spacial score (nSPS) is 10.9. The van der Waals surface area contributed by atoms with Gasteiger partial charge in [0.05, 0.1) is 6.42 Å². The van der Waals surface area contributed by atoms with Gasteiger partial charge < -0.3 is 15.2 Å². The van der Waals surface area contributed by atoms with Crippen molar-refractivity contribution in [3.8, 4) is 0 Å². The Labute approximate surface area is 155 Å². The van der Waals surface area contributed by atoms with Gasteiger partial charge in [0, 0.05) is 41.1 Å². The van der Waals surface area contributed by atoms with Gasteiger partial charge in [-0.05, 0) is 69.7 Å². The van der Waals surface area contributed by atoms with Crippen molar-refractivity contribution < 1.29 is 4.79 Å². The van der Waals surface area contributed by atoms with Crippen molar-refractivity contribution in [3.05, 3.63) is 59.3 Å². The summed E-state index contributed by atoms with van der Waals surface area (Å²) in [7, 11) is 0. The molecule has 1 aromatic heterocycles. The molecule has 0 saturated carbocycles. The number of H-pyrrole nitrogens is 1. The van der Waals surface area contributed by atoms with E-state index >= 15 is 0 Å². The maximum Gasteiger partial charge on any atom is 0.228 e. The lowest BCUT2D eigenvalue weighted by Crippen LogP contribution is -2.21. The second kappa shape index (κ2) is 7.65. The fraction of sp³-hybridized carbons (Fsp3) is 0.318. The zero-order valence-corrected chi connectivity index (χ0v) is 16.0. The monoisotopic (exact) mass is 349 g/mol. The standard InChI is InChI=1S/C22H27N3O/c1-5-25(6-2)18-10-8-17(9-11-18)24-22(26)14-19-16(4)23-21-12-7-15(3)13-20(19)21/h7-13,23H,5-6,14H2,1-4H3,(H,24,26). The molecule has 3 aromatic rings. The molecule has 1 amide bonds. The Kier molecular flexibility index (Phi) is 5.31. The van der Waals surface area contributed by atoms with Gasteiger partial charge in [0.1, 0.15) is 0 Å². The summed E-state index contributed by atoms with van der Waals surface area (Å²) in [6.45, 7) is 10.3. The zero-order chi connectivity index (χ0) is 18.7. The van der Waals surface area contributed by atoms with Crippen molar-refractivity contribution in [1.82, 2.24) is 4.98 Å². The van der Waals surface area contributed by atoms with Crippen molar-refractivity contribution in [2.75, 3.05) is 23.3 Å². The Morgan fingerprint density at radius 2 is 1.73 bits per heavy atom. The molecule has 0 spiro atoms. The van der Waals surface area contributed by atoms with E-state index in [9.17, 15) is 4.79 Å². The van der Waals surface area contributed by atoms with Crippen LogP contribution in [-0.4, -0.2) is 24.0 Å². The van der Waals surface area contributed by atoms with Gasteiger partial charge in [-0.2, -0.15) is 0 Å². The number of aromatic nitrogens is 1. The highest BCUT2D eigenvalue weighted by atomic mass is 16.1. The number of hydrogen-bond acceptors (Lipinski definition) is 2. The van der Waals surface area contributed by atoms with E-state index in [1.807, 2.05) is 19.1 Å². The Bertz CT molecular complexity index is 905. The van der Waals surface area contributed by atoms with E-state index in [2.05, 4.69) is 66.3 Å². The summed E-state index contributed by atoms with van der Waals surface area (Å²) in [6, 6.07) is 14.4. The summed E-state index contributed by atoms with van der Waals surface area (Å²) in [6.07, 6.45) is 0.368. The molecule has 26 heavy (non-hydrogen) atoms. The zero-order valence-electron chi connectivity index (χ0n) is 16.0. The average molecular weight is 349 g/mol. The minimum atomic E-state index is 0.00564. The van der Waals surface area contributed by atoms with Crippen LogP contribution in [0.3, 0.4) is 0 Å². The quantitative estimate of drug-likeness (QED) is 0.671. The molecule has 0 radical (unpaired) electrons. The highest BCUT2D eigenvalue weighted by Crippen LogP contribution is 2.24. The van der Waals surface area contributed by atoms with Crippen molar-refractivity contribution >= 4 is 28.2 Å². The third kappa shape index (κ3) is 3.74. The molecule has 0 aliphatic rings. The highest BCUT2D eigenvalue weighted by Gasteiger charge is 2.13. The number of carbonyl (C=O) groups excluding carboxylic acids is 1. The second-order valence-corrected chi connectivity index (χ2v) is 6.72. The second-order valence-electron chi connectivity index (χ2n) is 6.72. The number of aryl methyl sites for hydroxylation is 2. The van der Waals surface area contributed by atoms with Crippen molar-refractivity contribution in [1.29, 1.82) is 0 Å². The predicted molar refractivity (Wildman–Crippen MR) is 110 cm³/mol. The molecule has 0 unspecified atom stereocenters. The number of aromatic amines is 1. The summed E-state index contributed by atoms with van der Waals surface area (Å²) >= 11 is 0. The molecule has 0 aliphatic heterocycles. The molecule has 2 aromatic carbocycles. The lowest BCUT2D eigenvalue weighted by Gasteiger charge is -2.21. The minimum Gasteiger partial charge on any atom is -0.372 e. The van der Waals surface area contributed by atoms with Crippen LogP contribution in [-0.2, 0) is 11.2 Å². The van der Waals surface area contributed by atoms with E-state index in [1.165, 1.54) is 11.3 Å². The Morgan fingerprint density at radius 1 is 1.04 bits per heavy atom. The molecule has 0 aliphatic carbocycles. The molecule has 3 rings (SSSR count). The molecule has 4 heteroatoms. The first-order valence-electron chi connectivity index (χ1n) is 9.24. The van der Waals surface area contributed by atoms with Gasteiger partial charge in [0.25, 0.3) is 0 Å². The van der Waals surface area contributed by atoms with Gasteiger partial charge in [-0.25, -0.2) is 0 Å². The number of fused-ring (bicyclic) bond motifs is 1. The maximum atomic E-state index is 12.6. The van der Waals surface area contributed by atoms with Crippen LogP contribution in [0.25, 0.3) is 10.9 Å². The molecule has 4 nitrogen and oxygen atoms in total. The number of amides is 1. The first-order chi connectivity index (χ1) is 12.5. The Balaban J connectivity index is 1.73. The maximum absolute atomic E-state index is 12.6. The number of hydrogen-bond donors (Lipinski definition) is 2. The van der Waals surface area contributed by atoms with E-state index in [4.69, 9.17) is 0 Å². The third-order valence-electron chi connectivity index (χ3n) is 4.89.